The number of carbonyl (C=O) groups excluding carboxylic acids is 1. The molecule has 0 aliphatic carbocycles. The van der Waals surface area contributed by atoms with Crippen LogP contribution in [0.15, 0.2) is 59.5 Å². The highest BCUT2D eigenvalue weighted by Gasteiger charge is 2.18. The fourth-order valence-electron chi connectivity index (χ4n) is 3.63. The standard InChI is InChI=1S/C22H23N5O2/c1-24-20(28)14-27-19-10-5-3-8-17(19)25-21(22(27)29)16-13-26(12-6-11-23)18-9-4-2-7-15(16)18/h2-5,7-10,13H,6,11-12,14,23H2,1H3,(H,24,28). The molecule has 0 radical (unpaired) electrons. The molecule has 29 heavy (non-hydrogen) atoms. The smallest absolute Gasteiger partial charge is 0.278 e. The maximum absolute atomic E-state index is 13.4. The molecule has 0 bridgehead atoms. The Bertz CT molecular complexity index is 1260. The highest BCUT2D eigenvalue weighted by molar-refractivity contribution is 5.96. The van der Waals surface area contributed by atoms with Crippen molar-refractivity contribution in [3.8, 4) is 11.3 Å². The van der Waals surface area contributed by atoms with E-state index in [4.69, 9.17) is 5.73 Å². The molecule has 0 fully saturated rings. The van der Waals surface area contributed by atoms with Crippen LogP contribution in [0.25, 0.3) is 33.2 Å². The van der Waals surface area contributed by atoms with Crippen molar-refractivity contribution < 1.29 is 4.79 Å². The molecule has 0 atom stereocenters. The van der Waals surface area contributed by atoms with Gasteiger partial charge in [-0.3, -0.25) is 14.2 Å². The number of amides is 1. The molecule has 0 saturated heterocycles. The van der Waals surface area contributed by atoms with Crippen molar-refractivity contribution in [1.29, 1.82) is 0 Å². The van der Waals surface area contributed by atoms with Crippen molar-refractivity contribution >= 4 is 27.8 Å². The molecule has 4 aromatic rings. The summed E-state index contributed by atoms with van der Waals surface area (Å²) in [4.78, 5) is 30.1. The van der Waals surface area contributed by atoms with Crippen LogP contribution < -0.4 is 16.6 Å². The van der Waals surface area contributed by atoms with E-state index in [0.717, 1.165) is 29.4 Å². The number of nitrogens with two attached hydrogens (primary N) is 1. The van der Waals surface area contributed by atoms with Gasteiger partial charge in [0.1, 0.15) is 12.2 Å². The fraction of sp³-hybridized carbons (Fsp3) is 0.227. The zero-order valence-electron chi connectivity index (χ0n) is 16.3. The number of benzene rings is 2. The molecule has 1 amide bonds. The summed E-state index contributed by atoms with van der Waals surface area (Å²) in [6.45, 7) is 1.29. The molecule has 2 aromatic carbocycles. The number of nitrogens with one attached hydrogen (secondary N) is 1. The lowest BCUT2D eigenvalue weighted by atomic mass is 10.1. The fourth-order valence-corrected chi connectivity index (χ4v) is 3.63. The topological polar surface area (TPSA) is 94.9 Å². The Morgan fingerprint density at radius 3 is 2.59 bits per heavy atom. The van der Waals surface area contributed by atoms with E-state index in [2.05, 4.69) is 14.9 Å². The Morgan fingerprint density at radius 1 is 1.10 bits per heavy atom. The number of hydrogen-bond acceptors (Lipinski definition) is 4. The van der Waals surface area contributed by atoms with Crippen LogP contribution in [0.1, 0.15) is 6.42 Å². The minimum atomic E-state index is -0.283. The first-order valence-corrected chi connectivity index (χ1v) is 9.62. The molecular formula is C22H23N5O2. The quantitative estimate of drug-likeness (QED) is 0.528. The molecule has 0 aliphatic heterocycles. The van der Waals surface area contributed by atoms with E-state index in [1.165, 1.54) is 4.57 Å². The molecule has 0 spiro atoms. The second-order valence-corrected chi connectivity index (χ2v) is 6.91. The van der Waals surface area contributed by atoms with Gasteiger partial charge in [0.25, 0.3) is 5.56 Å². The lowest BCUT2D eigenvalue weighted by Crippen LogP contribution is -2.31. The van der Waals surface area contributed by atoms with Crippen molar-refractivity contribution in [3.63, 3.8) is 0 Å². The Labute approximate surface area is 167 Å². The Morgan fingerprint density at radius 2 is 1.83 bits per heavy atom. The number of aromatic nitrogens is 3. The SMILES string of the molecule is CNC(=O)Cn1c(=O)c(-c2cn(CCCN)c3ccccc23)nc2ccccc21. The highest BCUT2D eigenvalue weighted by Crippen LogP contribution is 2.29. The average Bonchev–Trinajstić information content (AvgIpc) is 3.12. The third kappa shape index (κ3) is 3.40. The molecular weight excluding hydrogens is 366 g/mol. The number of nitrogens with zero attached hydrogens (tertiary/aromatic N) is 3. The summed E-state index contributed by atoms with van der Waals surface area (Å²) in [5.74, 6) is -0.236. The van der Waals surface area contributed by atoms with E-state index < -0.39 is 0 Å². The molecule has 7 nitrogen and oxygen atoms in total. The van der Waals surface area contributed by atoms with E-state index >= 15 is 0 Å². The minimum Gasteiger partial charge on any atom is -0.358 e. The van der Waals surface area contributed by atoms with Crippen LogP contribution in [0.4, 0.5) is 0 Å². The number of likely N-dealkylation sites (N-methyl/N-ethyl adjacent to an activating group) is 1. The van der Waals surface area contributed by atoms with Gasteiger partial charge in [-0.1, -0.05) is 30.3 Å². The summed E-state index contributed by atoms with van der Waals surface area (Å²) in [6.07, 6.45) is 2.80. The largest absolute Gasteiger partial charge is 0.358 e. The number of fused-ring (bicyclic) bond motifs is 2. The highest BCUT2D eigenvalue weighted by atomic mass is 16.2. The summed E-state index contributed by atoms with van der Waals surface area (Å²) in [5.41, 5.74) is 8.85. The van der Waals surface area contributed by atoms with Gasteiger partial charge in [-0.15, -0.1) is 0 Å². The molecule has 2 aromatic heterocycles. The molecule has 0 saturated carbocycles. The molecule has 0 aliphatic rings. The molecule has 0 unspecified atom stereocenters. The number of para-hydroxylation sites is 3. The summed E-state index contributed by atoms with van der Waals surface area (Å²) in [5, 5.41) is 3.54. The normalized spacial score (nSPS) is 11.2. The van der Waals surface area contributed by atoms with E-state index in [1.807, 2.05) is 48.7 Å². The Hall–Kier alpha value is -3.45. The maximum Gasteiger partial charge on any atom is 0.278 e. The summed E-state index contributed by atoms with van der Waals surface area (Å²) in [6, 6.07) is 15.3. The Kier molecular flexibility index (Phi) is 5.14. The first-order chi connectivity index (χ1) is 14.1. The first kappa shape index (κ1) is 18.9. The van der Waals surface area contributed by atoms with Crippen LogP contribution in [-0.4, -0.2) is 33.6 Å². The lowest BCUT2D eigenvalue weighted by molar-refractivity contribution is -0.121. The average molecular weight is 389 g/mol. The molecule has 4 rings (SSSR count). The number of aryl methyl sites for hydroxylation is 1. The van der Waals surface area contributed by atoms with Gasteiger partial charge in [0.15, 0.2) is 0 Å². The molecule has 3 N–H and O–H groups in total. The van der Waals surface area contributed by atoms with Gasteiger partial charge in [0, 0.05) is 36.3 Å². The van der Waals surface area contributed by atoms with Crippen LogP contribution in [-0.2, 0) is 17.9 Å². The molecule has 148 valence electrons. The summed E-state index contributed by atoms with van der Waals surface area (Å²) < 4.78 is 3.60. The third-order valence-corrected chi connectivity index (χ3v) is 5.08. The van der Waals surface area contributed by atoms with Gasteiger partial charge in [-0.05, 0) is 31.2 Å². The van der Waals surface area contributed by atoms with Crippen molar-refractivity contribution in [3.05, 3.63) is 65.1 Å². The van der Waals surface area contributed by atoms with Crippen LogP contribution in [0.3, 0.4) is 0 Å². The van der Waals surface area contributed by atoms with E-state index in [1.54, 1.807) is 13.1 Å². The monoisotopic (exact) mass is 389 g/mol. The van der Waals surface area contributed by atoms with Gasteiger partial charge < -0.3 is 15.6 Å². The predicted molar refractivity (Wildman–Crippen MR) is 115 cm³/mol. The van der Waals surface area contributed by atoms with Gasteiger partial charge >= 0.3 is 0 Å². The van der Waals surface area contributed by atoms with Crippen molar-refractivity contribution in [2.75, 3.05) is 13.6 Å². The van der Waals surface area contributed by atoms with Crippen LogP contribution in [0.5, 0.6) is 0 Å². The number of hydrogen-bond donors (Lipinski definition) is 2. The lowest BCUT2D eigenvalue weighted by Gasteiger charge is -2.11. The summed E-state index contributed by atoms with van der Waals surface area (Å²) >= 11 is 0. The van der Waals surface area contributed by atoms with Crippen molar-refractivity contribution in [2.24, 2.45) is 5.73 Å². The third-order valence-electron chi connectivity index (χ3n) is 5.08. The van der Waals surface area contributed by atoms with Crippen LogP contribution >= 0.6 is 0 Å². The summed E-state index contributed by atoms with van der Waals surface area (Å²) in [7, 11) is 1.56. The zero-order chi connectivity index (χ0) is 20.4. The second kappa shape index (κ2) is 7.89. The van der Waals surface area contributed by atoms with Crippen LogP contribution in [0, 0.1) is 0 Å². The van der Waals surface area contributed by atoms with Gasteiger partial charge in [-0.25, -0.2) is 4.98 Å². The van der Waals surface area contributed by atoms with Gasteiger partial charge in [-0.2, -0.15) is 0 Å². The number of carbonyl (C=O) groups is 1. The van der Waals surface area contributed by atoms with Crippen LogP contribution in [0.2, 0.25) is 0 Å². The zero-order valence-corrected chi connectivity index (χ0v) is 16.3. The minimum absolute atomic E-state index is 0.0584. The van der Waals surface area contributed by atoms with Gasteiger partial charge in [0.05, 0.1) is 11.0 Å². The first-order valence-electron chi connectivity index (χ1n) is 9.62. The van der Waals surface area contributed by atoms with E-state index in [-0.39, 0.29) is 18.0 Å². The second-order valence-electron chi connectivity index (χ2n) is 6.91. The predicted octanol–water partition coefficient (Wildman–Crippen LogP) is 2.11. The molecule has 2 heterocycles. The van der Waals surface area contributed by atoms with Crippen molar-refractivity contribution in [2.45, 2.75) is 19.5 Å². The van der Waals surface area contributed by atoms with E-state index in [0.29, 0.717) is 23.3 Å². The van der Waals surface area contributed by atoms with Crippen molar-refractivity contribution in [1.82, 2.24) is 19.4 Å². The maximum atomic E-state index is 13.4. The van der Waals surface area contributed by atoms with E-state index in [9.17, 15) is 9.59 Å². The van der Waals surface area contributed by atoms with Gasteiger partial charge in [0.2, 0.25) is 5.91 Å². The molecule has 7 heteroatoms. The Balaban J connectivity index is 1.98. The number of rotatable bonds is 6.